The van der Waals surface area contributed by atoms with Crippen LogP contribution in [0.4, 0.5) is 0 Å². The van der Waals surface area contributed by atoms with Crippen molar-refractivity contribution >= 4 is 5.97 Å². The van der Waals surface area contributed by atoms with Crippen LogP contribution in [0.15, 0.2) is 0 Å². The summed E-state index contributed by atoms with van der Waals surface area (Å²) >= 11 is 0. The summed E-state index contributed by atoms with van der Waals surface area (Å²) in [6.07, 6.45) is 1.48. The number of hydrogen-bond acceptors (Lipinski definition) is 4. The van der Waals surface area contributed by atoms with Crippen molar-refractivity contribution in [2.24, 2.45) is 0 Å². The number of hydrogen-bond donors (Lipinski definition) is 1. The quantitative estimate of drug-likeness (QED) is 0.583. The molecule has 0 aromatic carbocycles. The molecule has 0 heterocycles. The molecule has 0 aliphatic rings. The Morgan fingerprint density at radius 1 is 1.46 bits per heavy atom. The highest BCUT2D eigenvalue weighted by Gasteiger charge is 2.04. The fourth-order valence-electron chi connectivity index (χ4n) is 1.01. The van der Waals surface area contributed by atoms with Gasteiger partial charge in [-0.2, -0.15) is 0 Å². The van der Waals surface area contributed by atoms with Crippen LogP contribution in [0.1, 0.15) is 19.8 Å². The van der Waals surface area contributed by atoms with Gasteiger partial charge in [0.05, 0.1) is 13.0 Å². The van der Waals surface area contributed by atoms with Crippen LogP contribution in [0, 0.1) is 0 Å². The number of carbonyl (C=O) groups excluding carboxylic acids is 1. The van der Waals surface area contributed by atoms with E-state index in [9.17, 15) is 4.79 Å². The third-order valence-electron chi connectivity index (χ3n) is 1.66. The van der Waals surface area contributed by atoms with Crippen molar-refractivity contribution in [3.8, 4) is 0 Å². The second-order valence-corrected chi connectivity index (χ2v) is 3.00. The van der Waals surface area contributed by atoms with Crippen molar-refractivity contribution in [1.29, 1.82) is 0 Å². The number of aliphatic hydroxyl groups is 1. The van der Waals surface area contributed by atoms with Crippen molar-refractivity contribution in [1.82, 2.24) is 4.90 Å². The lowest BCUT2D eigenvalue weighted by atomic mass is 10.3. The molecular formula is C9H19NO3. The van der Waals surface area contributed by atoms with Crippen LogP contribution in [-0.2, 0) is 9.53 Å². The largest absolute Gasteiger partial charge is 0.463 e. The fraction of sp³-hybridized carbons (Fsp3) is 0.889. The molecule has 0 spiro atoms. The third-order valence-corrected chi connectivity index (χ3v) is 1.66. The summed E-state index contributed by atoms with van der Waals surface area (Å²) in [5.74, 6) is -0.239. The Morgan fingerprint density at radius 3 is 2.69 bits per heavy atom. The van der Waals surface area contributed by atoms with Gasteiger partial charge >= 0.3 is 5.97 Å². The van der Waals surface area contributed by atoms with Crippen LogP contribution in [0.5, 0.6) is 0 Å². The first-order valence-electron chi connectivity index (χ1n) is 4.65. The highest BCUT2D eigenvalue weighted by molar-refractivity contribution is 5.69. The molecule has 0 saturated carbocycles. The maximum Gasteiger partial charge on any atom is 0.307 e. The molecule has 0 aliphatic heterocycles. The minimum Gasteiger partial charge on any atom is -0.463 e. The van der Waals surface area contributed by atoms with Crippen LogP contribution in [0.25, 0.3) is 0 Å². The zero-order chi connectivity index (χ0) is 10.1. The summed E-state index contributed by atoms with van der Waals surface area (Å²) in [5, 5.41) is 8.39. The first-order chi connectivity index (χ1) is 6.20. The molecule has 1 N–H and O–H groups in total. The molecule has 78 valence electrons. The van der Waals surface area contributed by atoms with Crippen LogP contribution in [0.3, 0.4) is 0 Å². The van der Waals surface area contributed by atoms with Crippen molar-refractivity contribution in [2.45, 2.75) is 19.8 Å². The lowest BCUT2D eigenvalue weighted by Gasteiger charge is -2.14. The number of esters is 1. The Kier molecular flexibility index (Phi) is 7.63. The first-order valence-corrected chi connectivity index (χ1v) is 4.65. The molecule has 0 unspecified atom stereocenters. The molecule has 0 fully saturated rings. The van der Waals surface area contributed by atoms with Crippen molar-refractivity contribution in [2.75, 3.05) is 33.4 Å². The summed E-state index contributed by atoms with van der Waals surface area (Å²) in [5.41, 5.74) is 0. The minimum atomic E-state index is -0.239. The van der Waals surface area contributed by atoms with Crippen LogP contribution >= 0.6 is 0 Å². The van der Waals surface area contributed by atoms with E-state index >= 15 is 0 Å². The average Bonchev–Trinajstić information content (AvgIpc) is 2.12. The Morgan fingerprint density at radius 2 is 2.15 bits per heavy atom. The minimum absolute atomic E-state index is 0.101. The summed E-state index contributed by atoms with van der Waals surface area (Å²) in [6, 6.07) is 0. The maximum absolute atomic E-state index is 11.0. The molecule has 0 atom stereocenters. The Hall–Kier alpha value is -0.610. The topological polar surface area (TPSA) is 49.8 Å². The van der Waals surface area contributed by atoms with Gasteiger partial charge in [0.15, 0.2) is 0 Å². The van der Waals surface area contributed by atoms with Gasteiger partial charge in [-0.1, -0.05) is 6.92 Å². The predicted molar refractivity (Wildman–Crippen MR) is 50.4 cm³/mol. The molecule has 0 rings (SSSR count). The molecule has 0 saturated heterocycles. The standard InChI is InChI=1S/C9H19NO3/c1-3-5-10(2)6-4-9(12)13-8-7-11/h11H,3-8H2,1-2H3. The smallest absolute Gasteiger partial charge is 0.307 e. The van der Waals surface area contributed by atoms with Gasteiger partial charge in [-0.3, -0.25) is 4.79 Å². The van der Waals surface area contributed by atoms with Crippen LogP contribution in [-0.4, -0.2) is 49.3 Å². The van der Waals surface area contributed by atoms with E-state index in [0.29, 0.717) is 6.42 Å². The van der Waals surface area contributed by atoms with Gasteiger partial charge < -0.3 is 14.7 Å². The lowest BCUT2D eigenvalue weighted by molar-refractivity contribution is -0.144. The molecule has 13 heavy (non-hydrogen) atoms. The third kappa shape index (κ3) is 7.74. The molecule has 0 aromatic rings. The van der Waals surface area contributed by atoms with Gasteiger partial charge in [-0.15, -0.1) is 0 Å². The van der Waals surface area contributed by atoms with E-state index < -0.39 is 0 Å². The molecule has 0 radical (unpaired) electrons. The van der Waals surface area contributed by atoms with Crippen molar-refractivity contribution in [3.05, 3.63) is 0 Å². The second kappa shape index (κ2) is 8.01. The number of nitrogens with zero attached hydrogens (tertiary/aromatic N) is 1. The maximum atomic E-state index is 11.0. The van der Waals surface area contributed by atoms with E-state index in [4.69, 9.17) is 9.84 Å². The zero-order valence-electron chi connectivity index (χ0n) is 8.45. The molecule has 0 aromatic heterocycles. The van der Waals surface area contributed by atoms with Gasteiger partial charge in [-0.05, 0) is 20.0 Å². The Labute approximate surface area is 79.5 Å². The highest BCUT2D eigenvalue weighted by atomic mass is 16.5. The SMILES string of the molecule is CCCN(C)CCC(=O)OCCO. The molecule has 0 bridgehead atoms. The van der Waals surface area contributed by atoms with Gasteiger partial charge in [0, 0.05) is 6.54 Å². The zero-order valence-corrected chi connectivity index (χ0v) is 8.45. The van der Waals surface area contributed by atoms with Crippen molar-refractivity contribution in [3.63, 3.8) is 0 Å². The summed E-state index contributed by atoms with van der Waals surface area (Å²) in [4.78, 5) is 13.0. The average molecular weight is 189 g/mol. The molecule has 4 heteroatoms. The van der Waals surface area contributed by atoms with Crippen LogP contribution in [0.2, 0.25) is 0 Å². The number of carbonyl (C=O) groups is 1. The summed E-state index contributed by atoms with van der Waals surface area (Å²) in [7, 11) is 1.98. The monoisotopic (exact) mass is 189 g/mol. The van der Waals surface area contributed by atoms with Gasteiger partial charge in [0.2, 0.25) is 0 Å². The van der Waals surface area contributed by atoms with E-state index in [0.717, 1.165) is 19.5 Å². The number of rotatable bonds is 7. The van der Waals surface area contributed by atoms with E-state index in [1.807, 2.05) is 7.05 Å². The molecular weight excluding hydrogens is 170 g/mol. The molecule has 4 nitrogen and oxygen atoms in total. The number of aliphatic hydroxyl groups excluding tert-OH is 1. The Bertz CT molecular complexity index is 139. The Balaban J connectivity index is 3.34. The van der Waals surface area contributed by atoms with E-state index in [1.165, 1.54) is 0 Å². The lowest BCUT2D eigenvalue weighted by Crippen LogP contribution is -2.23. The van der Waals surface area contributed by atoms with Gasteiger partial charge in [0.25, 0.3) is 0 Å². The van der Waals surface area contributed by atoms with E-state index in [1.54, 1.807) is 0 Å². The van der Waals surface area contributed by atoms with Gasteiger partial charge in [-0.25, -0.2) is 0 Å². The van der Waals surface area contributed by atoms with Crippen molar-refractivity contribution < 1.29 is 14.6 Å². The van der Waals surface area contributed by atoms with E-state index in [2.05, 4.69) is 11.8 Å². The summed E-state index contributed by atoms with van der Waals surface area (Å²) < 4.78 is 4.70. The summed E-state index contributed by atoms with van der Waals surface area (Å²) in [6.45, 7) is 3.82. The molecule has 0 amide bonds. The highest BCUT2D eigenvalue weighted by Crippen LogP contribution is 1.92. The second-order valence-electron chi connectivity index (χ2n) is 3.00. The fourth-order valence-corrected chi connectivity index (χ4v) is 1.01. The van der Waals surface area contributed by atoms with E-state index in [-0.39, 0.29) is 19.2 Å². The number of ether oxygens (including phenoxy) is 1. The normalized spacial score (nSPS) is 10.5. The predicted octanol–water partition coefficient (Wildman–Crippen LogP) is 0.254. The van der Waals surface area contributed by atoms with Gasteiger partial charge in [0.1, 0.15) is 6.61 Å². The first kappa shape index (κ1) is 12.4. The van der Waals surface area contributed by atoms with Crippen LogP contribution < -0.4 is 0 Å². The molecule has 0 aliphatic carbocycles.